The first-order valence-electron chi connectivity index (χ1n) is 5.46. The van der Waals surface area contributed by atoms with Gasteiger partial charge in [-0.2, -0.15) is 0 Å². The van der Waals surface area contributed by atoms with Crippen molar-refractivity contribution in [1.29, 1.82) is 0 Å². The predicted octanol–water partition coefficient (Wildman–Crippen LogP) is 1.37. The Hall–Kier alpha value is -1.32. The van der Waals surface area contributed by atoms with E-state index in [-0.39, 0.29) is 23.4 Å². The minimum absolute atomic E-state index is 0.0520. The van der Waals surface area contributed by atoms with Gasteiger partial charge in [-0.15, -0.1) is 0 Å². The van der Waals surface area contributed by atoms with Crippen molar-refractivity contribution in [3.8, 4) is 0 Å². The molecule has 0 aromatic rings. The highest BCUT2D eigenvalue weighted by molar-refractivity contribution is 5.87. The number of carbonyl (C=O) groups is 2. The molecule has 0 aliphatic heterocycles. The summed E-state index contributed by atoms with van der Waals surface area (Å²) in [6.45, 7) is 9.16. The lowest BCUT2D eigenvalue weighted by Gasteiger charge is -2.19. The van der Waals surface area contributed by atoms with E-state index in [0.29, 0.717) is 6.42 Å². The Morgan fingerprint density at radius 1 is 1.31 bits per heavy atom. The second-order valence-electron chi connectivity index (χ2n) is 4.98. The summed E-state index contributed by atoms with van der Waals surface area (Å²) >= 11 is 0. The molecule has 1 atom stereocenters. The molecule has 16 heavy (non-hydrogen) atoms. The van der Waals surface area contributed by atoms with E-state index in [1.165, 1.54) is 13.0 Å². The molecule has 0 spiro atoms. The molecular formula is C12H22N2O2. The van der Waals surface area contributed by atoms with Crippen molar-refractivity contribution in [1.82, 2.24) is 10.6 Å². The van der Waals surface area contributed by atoms with Gasteiger partial charge in [0.05, 0.1) is 0 Å². The lowest BCUT2D eigenvalue weighted by molar-refractivity contribution is -0.119. The molecule has 0 bridgehead atoms. The van der Waals surface area contributed by atoms with Crippen LogP contribution in [0.2, 0.25) is 0 Å². The van der Waals surface area contributed by atoms with Crippen LogP contribution in [-0.4, -0.2) is 23.4 Å². The van der Waals surface area contributed by atoms with E-state index in [2.05, 4.69) is 10.6 Å². The molecule has 92 valence electrons. The van der Waals surface area contributed by atoms with Crippen molar-refractivity contribution in [3.05, 3.63) is 12.2 Å². The Balaban J connectivity index is 3.92. The molecule has 0 aromatic heterocycles. The van der Waals surface area contributed by atoms with Gasteiger partial charge in [-0.1, -0.05) is 6.08 Å². The lowest BCUT2D eigenvalue weighted by atomic mass is 10.1. The number of hydrogen-bond acceptors (Lipinski definition) is 2. The Morgan fingerprint density at radius 2 is 1.88 bits per heavy atom. The van der Waals surface area contributed by atoms with Gasteiger partial charge in [0.2, 0.25) is 11.8 Å². The maximum absolute atomic E-state index is 11.4. The summed E-state index contributed by atoms with van der Waals surface area (Å²) in [4.78, 5) is 22.1. The third kappa shape index (κ3) is 9.24. The van der Waals surface area contributed by atoms with Gasteiger partial charge in [-0.25, -0.2) is 0 Å². The highest BCUT2D eigenvalue weighted by Crippen LogP contribution is 1.99. The molecule has 2 N–H and O–H groups in total. The van der Waals surface area contributed by atoms with Crippen LogP contribution in [0.1, 0.15) is 41.0 Å². The van der Waals surface area contributed by atoms with Gasteiger partial charge >= 0.3 is 0 Å². The van der Waals surface area contributed by atoms with E-state index in [1.54, 1.807) is 6.08 Å². The fraction of sp³-hybridized carbons (Fsp3) is 0.667. The first-order chi connectivity index (χ1) is 7.20. The van der Waals surface area contributed by atoms with Crippen molar-refractivity contribution in [3.63, 3.8) is 0 Å². The lowest BCUT2D eigenvalue weighted by Crippen LogP contribution is -2.39. The third-order valence-electron chi connectivity index (χ3n) is 1.71. The second kappa shape index (κ2) is 6.30. The standard InChI is InChI=1S/C12H22N2O2/c1-9(13-10(2)15)7-6-8-11(16)14-12(3,4)5/h6,8-9H,7H2,1-5H3,(H,13,15)(H,14,16)/b8-6-. The van der Waals surface area contributed by atoms with Gasteiger partial charge in [-0.05, 0) is 40.2 Å². The molecular weight excluding hydrogens is 204 g/mol. The molecule has 0 saturated heterocycles. The molecule has 0 aromatic carbocycles. The predicted molar refractivity (Wildman–Crippen MR) is 64.9 cm³/mol. The SMILES string of the molecule is CC(=O)NC(C)C/C=C\C(=O)NC(C)(C)C. The van der Waals surface area contributed by atoms with Gasteiger partial charge in [-0.3, -0.25) is 9.59 Å². The van der Waals surface area contributed by atoms with E-state index in [4.69, 9.17) is 0 Å². The largest absolute Gasteiger partial charge is 0.354 e. The Kier molecular flexibility index (Phi) is 5.78. The highest BCUT2D eigenvalue weighted by atomic mass is 16.2. The minimum Gasteiger partial charge on any atom is -0.354 e. The first kappa shape index (κ1) is 14.7. The second-order valence-corrected chi connectivity index (χ2v) is 4.98. The summed E-state index contributed by atoms with van der Waals surface area (Å²) in [5.74, 6) is -0.164. The zero-order valence-corrected chi connectivity index (χ0v) is 10.8. The van der Waals surface area contributed by atoms with Crippen molar-refractivity contribution >= 4 is 11.8 Å². The Labute approximate surface area is 97.5 Å². The molecule has 4 nitrogen and oxygen atoms in total. The number of carbonyl (C=O) groups excluding carboxylic acids is 2. The summed E-state index contributed by atoms with van der Waals surface area (Å²) in [5, 5.41) is 5.56. The minimum atomic E-state index is -0.218. The Bertz CT molecular complexity index is 277. The molecule has 1 unspecified atom stereocenters. The van der Waals surface area contributed by atoms with Crippen LogP contribution in [0, 0.1) is 0 Å². The van der Waals surface area contributed by atoms with E-state index >= 15 is 0 Å². The molecule has 0 aliphatic carbocycles. The summed E-state index contributed by atoms with van der Waals surface area (Å²) in [6, 6.07) is 0.0520. The summed E-state index contributed by atoms with van der Waals surface area (Å²) < 4.78 is 0. The van der Waals surface area contributed by atoms with Crippen molar-refractivity contribution in [2.45, 2.75) is 52.6 Å². The van der Waals surface area contributed by atoms with E-state index in [0.717, 1.165) is 0 Å². The molecule has 0 heterocycles. The highest BCUT2D eigenvalue weighted by Gasteiger charge is 2.11. The van der Waals surface area contributed by atoms with Crippen molar-refractivity contribution in [2.24, 2.45) is 0 Å². The van der Waals surface area contributed by atoms with Crippen molar-refractivity contribution < 1.29 is 9.59 Å². The number of nitrogens with one attached hydrogen (secondary N) is 2. The first-order valence-corrected chi connectivity index (χ1v) is 5.46. The van der Waals surface area contributed by atoms with E-state index in [9.17, 15) is 9.59 Å². The maximum Gasteiger partial charge on any atom is 0.244 e. The molecule has 4 heteroatoms. The molecule has 0 rings (SSSR count). The zero-order valence-electron chi connectivity index (χ0n) is 10.8. The zero-order chi connectivity index (χ0) is 12.8. The van der Waals surface area contributed by atoms with Crippen LogP contribution in [0.15, 0.2) is 12.2 Å². The van der Waals surface area contributed by atoms with Crippen molar-refractivity contribution in [2.75, 3.05) is 0 Å². The number of hydrogen-bond donors (Lipinski definition) is 2. The van der Waals surface area contributed by atoms with Crippen LogP contribution in [-0.2, 0) is 9.59 Å². The van der Waals surface area contributed by atoms with E-state index < -0.39 is 0 Å². The van der Waals surface area contributed by atoms with Gasteiger partial charge in [0.15, 0.2) is 0 Å². The van der Waals surface area contributed by atoms with Gasteiger partial charge in [0.1, 0.15) is 0 Å². The normalized spacial score (nSPS) is 13.6. The fourth-order valence-electron chi connectivity index (χ4n) is 1.20. The number of amides is 2. The monoisotopic (exact) mass is 226 g/mol. The van der Waals surface area contributed by atoms with Gasteiger partial charge in [0.25, 0.3) is 0 Å². The molecule has 0 aliphatic rings. The molecule has 0 saturated carbocycles. The van der Waals surface area contributed by atoms with Crippen LogP contribution in [0.25, 0.3) is 0 Å². The van der Waals surface area contributed by atoms with Gasteiger partial charge < -0.3 is 10.6 Å². The number of rotatable bonds is 4. The molecule has 2 amide bonds. The topological polar surface area (TPSA) is 58.2 Å². The summed E-state index contributed by atoms with van der Waals surface area (Å²) in [6.07, 6.45) is 3.92. The van der Waals surface area contributed by atoms with Crippen LogP contribution < -0.4 is 10.6 Å². The molecule has 0 radical (unpaired) electrons. The fourth-order valence-corrected chi connectivity index (χ4v) is 1.20. The summed E-state index contributed by atoms with van der Waals surface area (Å²) in [7, 11) is 0. The Morgan fingerprint density at radius 3 is 2.31 bits per heavy atom. The van der Waals surface area contributed by atoms with Crippen LogP contribution in [0.5, 0.6) is 0 Å². The van der Waals surface area contributed by atoms with Gasteiger partial charge in [0, 0.05) is 18.5 Å². The van der Waals surface area contributed by atoms with Crippen LogP contribution >= 0.6 is 0 Å². The molecule has 0 fully saturated rings. The van der Waals surface area contributed by atoms with E-state index in [1.807, 2.05) is 27.7 Å². The smallest absolute Gasteiger partial charge is 0.244 e. The average Bonchev–Trinajstić information content (AvgIpc) is 1.98. The maximum atomic E-state index is 11.4. The average molecular weight is 226 g/mol. The third-order valence-corrected chi connectivity index (χ3v) is 1.71. The van der Waals surface area contributed by atoms with Crippen LogP contribution in [0.4, 0.5) is 0 Å². The quantitative estimate of drug-likeness (QED) is 0.711. The summed E-state index contributed by atoms with van der Waals surface area (Å²) in [5.41, 5.74) is -0.218. The van der Waals surface area contributed by atoms with Crippen LogP contribution in [0.3, 0.4) is 0 Å².